The Morgan fingerprint density at radius 2 is 1.93 bits per heavy atom. The molecule has 1 aliphatic rings. The summed E-state index contributed by atoms with van der Waals surface area (Å²) in [7, 11) is 1.44. The van der Waals surface area contributed by atoms with E-state index in [9.17, 15) is 19.5 Å². The molecule has 1 aliphatic heterocycles. The third-order valence-electron chi connectivity index (χ3n) is 4.76. The molecule has 0 unspecified atom stereocenters. The Balaban J connectivity index is 1.96. The Morgan fingerprint density at radius 1 is 1.24 bits per heavy atom. The molecule has 29 heavy (non-hydrogen) atoms. The molecule has 2 aromatic heterocycles. The number of nitrogens with zero attached hydrogens (tertiary/aromatic N) is 6. The lowest BCUT2D eigenvalue weighted by atomic mass is 10.1. The maximum absolute atomic E-state index is 13.0. The molecule has 0 N–H and O–H groups in total. The first-order valence-electron chi connectivity index (χ1n) is 8.82. The van der Waals surface area contributed by atoms with Gasteiger partial charge in [-0.3, -0.25) is 18.5 Å². The number of aliphatic carboxylic acids is 1. The molecule has 0 saturated carbocycles. The van der Waals surface area contributed by atoms with Gasteiger partial charge < -0.3 is 9.90 Å². The van der Waals surface area contributed by atoms with E-state index in [2.05, 4.69) is 10.1 Å². The SMILES string of the molecule is CCN1N=C(c2ccc(Cl)cc2)Cn2c1nc1c2c(=O)n(CC(=O)[O-])c(=O)n1C. The van der Waals surface area contributed by atoms with Gasteiger partial charge in [-0.15, -0.1) is 0 Å². The molecule has 0 saturated heterocycles. The highest BCUT2D eigenvalue weighted by atomic mass is 35.5. The van der Waals surface area contributed by atoms with E-state index in [0.29, 0.717) is 27.8 Å². The molecule has 4 rings (SSSR count). The molecule has 10 nitrogen and oxygen atoms in total. The highest BCUT2D eigenvalue weighted by molar-refractivity contribution is 6.30. The van der Waals surface area contributed by atoms with Gasteiger partial charge in [-0.1, -0.05) is 23.7 Å². The average molecular weight is 416 g/mol. The summed E-state index contributed by atoms with van der Waals surface area (Å²) >= 11 is 5.97. The zero-order valence-electron chi connectivity index (χ0n) is 15.6. The van der Waals surface area contributed by atoms with Gasteiger partial charge in [0, 0.05) is 18.6 Å². The van der Waals surface area contributed by atoms with Crippen LogP contribution in [0.3, 0.4) is 0 Å². The van der Waals surface area contributed by atoms with Crippen molar-refractivity contribution in [1.29, 1.82) is 0 Å². The fourth-order valence-electron chi connectivity index (χ4n) is 3.35. The Labute approximate surface area is 168 Å². The number of fused-ring (bicyclic) bond motifs is 3. The highest BCUT2D eigenvalue weighted by Crippen LogP contribution is 2.25. The molecule has 0 fully saturated rings. The van der Waals surface area contributed by atoms with E-state index in [1.807, 2.05) is 19.1 Å². The van der Waals surface area contributed by atoms with E-state index >= 15 is 0 Å². The van der Waals surface area contributed by atoms with Crippen LogP contribution in [0.1, 0.15) is 12.5 Å². The van der Waals surface area contributed by atoms with E-state index in [-0.39, 0.29) is 17.7 Å². The predicted molar refractivity (Wildman–Crippen MR) is 105 cm³/mol. The fourth-order valence-corrected chi connectivity index (χ4v) is 3.48. The molecule has 3 heterocycles. The van der Waals surface area contributed by atoms with Crippen LogP contribution in [0.2, 0.25) is 5.02 Å². The van der Waals surface area contributed by atoms with Gasteiger partial charge in [0.1, 0.15) is 0 Å². The number of aryl methyl sites for hydroxylation is 1. The van der Waals surface area contributed by atoms with Crippen molar-refractivity contribution < 1.29 is 9.90 Å². The van der Waals surface area contributed by atoms with Crippen molar-refractivity contribution >= 4 is 40.4 Å². The second kappa shape index (κ2) is 6.89. The summed E-state index contributed by atoms with van der Waals surface area (Å²) in [4.78, 5) is 40.9. The molecule has 1 aromatic carbocycles. The topological polar surface area (TPSA) is 118 Å². The van der Waals surface area contributed by atoms with Crippen molar-refractivity contribution in [1.82, 2.24) is 18.7 Å². The minimum Gasteiger partial charge on any atom is -0.548 e. The van der Waals surface area contributed by atoms with Crippen LogP contribution in [0.4, 0.5) is 5.95 Å². The lowest BCUT2D eigenvalue weighted by molar-refractivity contribution is -0.306. The number of carbonyl (C=O) groups is 1. The quantitative estimate of drug-likeness (QED) is 0.569. The summed E-state index contributed by atoms with van der Waals surface area (Å²) in [6.45, 7) is 1.74. The summed E-state index contributed by atoms with van der Waals surface area (Å²) in [5.74, 6) is -1.13. The maximum atomic E-state index is 13.0. The molecule has 0 radical (unpaired) electrons. The van der Waals surface area contributed by atoms with Gasteiger partial charge in [0.15, 0.2) is 11.2 Å². The summed E-state index contributed by atoms with van der Waals surface area (Å²) in [5.41, 5.74) is 0.275. The van der Waals surface area contributed by atoms with E-state index in [4.69, 9.17) is 11.6 Å². The Morgan fingerprint density at radius 3 is 2.55 bits per heavy atom. The van der Waals surface area contributed by atoms with Gasteiger partial charge >= 0.3 is 5.69 Å². The normalized spacial score (nSPS) is 13.5. The number of hydrogen-bond acceptors (Lipinski definition) is 7. The minimum atomic E-state index is -1.53. The highest BCUT2D eigenvalue weighted by Gasteiger charge is 2.27. The number of anilines is 1. The third-order valence-corrected chi connectivity index (χ3v) is 5.01. The number of rotatable bonds is 4. The van der Waals surface area contributed by atoms with Crippen LogP contribution in [-0.2, 0) is 24.9 Å². The van der Waals surface area contributed by atoms with Crippen molar-refractivity contribution in [2.24, 2.45) is 12.1 Å². The molecular weight excluding hydrogens is 400 g/mol. The van der Waals surface area contributed by atoms with Gasteiger partial charge in [-0.05, 0) is 24.6 Å². The first-order chi connectivity index (χ1) is 13.8. The van der Waals surface area contributed by atoms with Crippen LogP contribution in [0.25, 0.3) is 11.2 Å². The molecule has 150 valence electrons. The number of aromatic nitrogens is 4. The average Bonchev–Trinajstić information content (AvgIpc) is 3.09. The molecule has 0 atom stereocenters. The van der Waals surface area contributed by atoms with Gasteiger partial charge in [0.2, 0.25) is 5.95 Å². The number of carboxylic acids is 1. The van der Waals surface area contributed by atoms with E-state index in [0.717, 1.165) is 10.1 Å². The Hall–Kier alpha value is -3.40. The number of halogens is 1. The summed E-state index contributed by atoms with van der Waals surface area (Å²) < 4.78 is 3.43. The maximum Gasteiger partial charge on any atom is 0.332 e. The summed E-state index contributed by atoms with van der Waals surface area (Å²) in [6, 6.07) is 7.13. The summed E-state index contributed by atoms with van der Waals surface area (Å²) in [5, 5.41) is 17.9. The van der Waals surface area contributed by atoms with Crippen molar-refractivity contribution in [3.8, 4) is 0 Å². The van der Waals surface area contributed by atoms with Crippen molar-refractivity contribution in [3.05, 3.63) is 55.7 Å². The van der Waals surface area contributed by atoms with Crippen molar-refractivity contribution in [2.75, 3.05) is 11.6 Å². The van der Waals surface area contributed by atoms with Gasteiger partial charge in [0.25, 0.3) is 5.56 Å². The minimum absolute atomic E-state index is 0.128. The van der Waals surface area contributed by atoms with E-state index in [1.165, 1.54) is 7.05 Å². The lowest BCUT2D eigenvalue weighted by Gasteiger charge is -2.25. The molecule has 0 spiro atoms. The number of hydrazone groups is 1. The van der Waals surface area contributed by atoms with Crippen LogP contribution in [0.15, 0.2) is 39.0 Å². The smallest absolute Gasteiger partial charge is 0.332 e. The number of hydrogen-bond donors (Lipinski definition) is 0. The van der Waals surface area contributed by atoms with Crippen LogP contribution in [0, 0.1) is 0 Å². The van der Waals surface area contributed by atoms with Crippen molar-refractivity contribution in [3.63, 3.8) is 0 Å². The van der Waals surface area contributed by atoms with E-state index in [1.54, 1.807) is 21.7 Å². The molecule has 3 aromatic rings. The molecule has 0 bridgehead atoms. The van der Waals surface area contributed by atoms with Gasteiger partial charge in [-0.2, -0.15) is 10.1 Å². The number of benzene rings is 1. The van der Waals surface area contributed by atoms with Crippen LogP contribution >= 0.6 is 11.6 Å². The largest absolute Gasteiger partial charge is 0.548 e. The molecule has 0 amide bonds. The van der Waals surface area contributed by atoms with Gasteiger partial charge in [-0.25, -0.2) is 9.80 Å². The third kappa shape index (κ3) is 3.01. The first-order valence-corrected chi connectivity index (χ1v) is 9.20. The second-order valence-electron chi connectivity index (χ2n) is 6.54. The van der Waals surface area contributed by atoms with Crippen LogP contribution in [-0.4, -0.2) is 36.9 Å². The molecular formula is C18H16ClN6O4-. The molecule has 0 aliphatic carbocycles. The monoisotopic (exact) mass is 415 g/mol. The first kappa shape index (κ1) is 18.9. The predicted octanol–water partition coefficient (Wildman–Crippen LogP) is -0.456. The fraction of sp³-hybridized carbons (Fsp3) is 0.278. The van der Waals surface area contributed by atoms with Crippen molar-refractivity contribution in [2.45, 2.75) is 20.0 Å². The number of carboxylic acid groups (broad SMARTS) is 1. The number of carbonyl (C=O) groups excluding carboxylic acids is 1. The molecule has 11 heteroatoms. The van der Waals surface area contributed by atoms with Crippen LogP contribution < -0.4 is 21.4 Å². The Bertz CT molecular complexity index is 1280. The van der Waals surface area contributed by atoms with Gasteiger partial charge in [0.05, 0.1) is 24.8 Å². The van der Waals surface area contributed by atoms with E-state index < -0.39 is 23.8 Å². The van der Waals surface area contributed by atoms with Crippen LogP contribution in [0.5, 0.6) is 0 Å². The second-order valence-corrected chi connectivity index (χ2v) is 6.98. The Kier molecular flexibility index (Phi) is 4.50. The number of imidazole rings is 1. The lowest BCUT2D eigenvalue weighted by Crippen LogP contribution is -2.44. The summed E-state index contributed by atoms with van der Waals surface area (Å²) in [6.07, 6.45) is 0. The standard InChI is InChI=1S/C18H17ClN6O4/c1-3-25-17-20-15-14(16(28)24(9-13(26)27)18(29)22(15)2)23(17)8-12(21-25)10-4-6-11(19)7-5-10/h4-7H,3,8-9H2,1-2H3,(H,26,27)/p-1. The zero-order valence-corrected chi connectivity index (χ0v) is 16.4. The zero-order chi connectivity index (χ0) is 20.9.